The highest BCUT2D eigenvalue weighted by atomic mass is 16.5. The maximum Gasteiger partial charge on any atom is 0.319 e. The first kappa shape index (κ1) is 15.8. The zero-order valence-corrected chi connectivity index (χ0v) is 13.1. The molecule has 0 fully saturated rings. The minimum Gasteiger partial charge on any atom is -0.497 e. The van der Waals surface area contributed by atoms with E-state index < -0.39 is 0 Å². The topological polar surface area (TPSA) is 89.3 Å². The minimum absolute atomic E-state index is 0.107. The standard InChI is InChI=1S/C15H20N4O3/c1-9(2)13(14-16-10(3)19-22-14)18-15(20)17-11-6-5-7-12(8-11)21-4/h5-9,13H,1-4H3,(H2,17,18,20)/t13-/m1/s1. The lowest BCUT2D eigenvalue weighted by Gasteiger charge is -2.19. The largest absolute Gasteiger partial charge is 0.497 e. The van der Waals surface area contributed by atoms with Gasteiger partial charge in [0.2, 0.25) is 5.89 Å². The van der Waals surface area contributed by atoms with E-state index in [1.807, 2.05) is 13.8 Å². The van der Waals surface area contributed by atoms with Crippen LogP contribution in [0.1, 0.15) is 31.6 Å². The molecule has 2 aromatic rings. The summed E-state index contributed by atoms with van der Waals surface area (Å²) < 4.78 is 10.3. The molecule has 0 radical (unpaired) electrons. The fraction of sp³-hybridized carbons (Fsp3) is 0.400. The van der Waals surface area contributed by atoms with Crippen molar-refractivity contribution in [2.75, 3.05) is 12.4 Å². The zero-order chi connectivity index (χ0) is 16.1. The van der Waals surface area contributed by atoms with Crippen LogP contribution in [0.5, 0.6) is 5.75 Å². The van der Waals surface area contributed by atoms with Crippen LogP contribution in [0.15, 0.2) is 28.8 Å². The van der Waals surface area contributed by atoms with Crippen LogP contribution in [0.25, 0.3) is 0 Å². The van der Waals surface area contributed by atoms with Crippen LogP contribution in [-0.2, 0) is 0 Å². The molecule has 2 N–H and O–H groups in total. The van der Waals surface area contributed by atoms with E-state index in [1.165, 1.54) is 0 Å². The van der Waals surface area contributed by atoms with Crippen LogP contribution >= 0.6 is 0 Å². The molecule has 2 rings (SSSR count). The number of hydrogen-bond acceptors (Lipinski definition) is 5. The van der Waals surface area contributed by atoms with Crippen molar-refractivity contribution in [3.8, 4) is 5.75 Å². The Bertz CT molecular complexity index is 639. The number of aryl methyl sites for hydroxylation is 1. The van der Waals surface area contributed by atoms with Crippen LogP contribution in [-0.4, -0.2) is 23.3 Å². The van der Waals surface area contributed by atoms with Crippen LogP contribution < -0.4 is 15.4 Å². The second kappa shape index (κ2) is 6.93. The van der Waals surface area contributed by atoms with E-state index in [2.05, 4.69) is 20.8 Å². The Morgan fingerprint density at radius 3 is 2.73 bits per heavy atom. The van der Waals surface area contributed by atoms with Crippen molar-refractivity contribution in [3.05, 3.63) is 36.0 Å². The Balaban J connectivity index is 2.05. The molecule has 7 nitrogen and oxygen atoms in total. The molecule has 0 aliphatic heterocycles. The van der Waals surface area contributed by atoms with Crippen molar-refractivity contribution < 1.29 is 14.1 Å². The van der Waals surface area contributed by atoms with Crippen LogP contribution in [0.2, 0.25) is 0 Å². The summed E-state index contributed by atoms with van der Waals surface area (Å²) in [5.41, 5.74) is 0.640. The number of nitrogens with one attached hydrogen (secondary N) is 2. The number of carbonyl (C=O) groups is 1. The molecule has 0 bridgehead atoms. The highest BCUT2D eigenvalue weighted by molar-refractivity contribution is 5.89. The smallest absolute Gasteiger partial charge is 0.319 e. The number of urea groups is 1. The molecule has 0 unspecified atom stereocenters. The number of hydrogen-bond donors (Lipinski definition) is 2. The van der Waals surface area contributed by atoms with Gasteiger partial charge in [-0.05, 0) is 25.0 Å². The van der Waals surface area contributed by atoms with E-state index in [1.54, 1.807) is 38.3 Å². The monoisotopic (exact) mass is 304 g/mol. The summed E-state index contributed by atoms with van der Waals surface area (Å²) in [6.45, 7) is 5.67. The van der Waals surface area contributed by atoms with E-state index in [9.17, 15) is 4.79 Å². The molecular formula is C15H20N4O3. The summed E-state index contributed by atoms with van der Waals surface area (Å²) in [6, 6.07) is 6.43. The van der Waals surface area contributed by atoms with E-state index in [0.717, 1.165) is 0 Å². The molecule has 0 spiro atoms. The summed E-state index contributed by atoms with van der Waals surface area (Å²) in [6.07, 6.45) is 0. The molecule has 1 atom stereocenters. The van der Waals surface area contributed by atoms with Gasteiger partial charge in [-0.25, -0.2) is 4.79 Å². The third kappa shape index (κ3) is 3.97. The third-order valence-corrected chi connectivity index (χ3v) is 3.09. The molecule has 118 valence electrons. The molecule has 0 saturated carbocycles. The highest BCUT2D eigenvalue weighted by Crippen LogP contribution is 2.21. The van der Waals surface area contributed by atoms with Crippen LogP contribution in [0, 0.1) is 12.8 Å². The number of methoxy groups -OCH3 is 1. The molecule has 0 aliphatic rings. The number of aromatic nitrogens is 2. The van der Waals surface area contributed by atoms with E-state index in [4.69, 9.17) is 9.26 Å². The van der Waals surface area contributed by atoms with Gasteiger partial charge in [0.25, 0.3) is 0 Å². The maximum atomic E-state index is 12.2. The lowest BCUT2D eigenvalue weighted by molar-refractivity contribution is 0.235. The van der Waals surface area contributed by atoms with Crippen molar-refractivity contribution in [1.29, 1.82) is 0 Å². The Kier molecular flexibility index (Phi) is 4.98. The number of benzene rings is 1. The van der Waals surface area contributed by atoms with Gasteiger partial charge in [-0.1, -0.05) is 25.1 Å². The predicted octanol–water partition coefficient (Wildman–Crippen LogP) is 2.91. The van der Waals surface area contributed by atoms with E-state index >= 15 is 0 Å². The van der Waals surface area contributed by atoms with Gasteiger partial charge in [0.05, 0.1) is 7.11 Å². The van der Waals surface area contributed by atoms with Crippen molar-refractivity contribution in [3.63, 3.8) is 0 Å². The normalized spacial score (nSPS) is 12.0. The van der Waals surface area contributed by atoms with Crippen molar-refractivity contribution in [1.82, 2.24) is 15.5 Å². The number of amides is 2. The van der Waals surface area contributed by atoms with Gasteiger partial charge in [0.15, 0.2) is 5.82 Å². The SMILES string of the molecule is COc1cccc(NC(=O)N[C@@H](c2nc(C)no2)C(C)C)c1. The fourth-order valence-corrected chi connectivity index (χ4v) is 1.96. The molecule has 0 saturated heterocycles. The number of nitrogens with zero attached hydrogens (tertiary/aromatic N) is 2. The van der Waals surface area contributed by atoms with Gasteiger partial charge in [-0.3, -0.25) is 0 Å². The quantitative estimate of drug-likeness (QED) is 0.886. The first-order chi connectivity index (χ1) is 10.5. The summed E-state index contributed by atoms with van der Waals surface area (Å²) in [4.78, 5) is 16.3. The van der Waals surface area contributed by atoms with Crippen LogP contribution in [0.4, 0.5) is 10.5 Å². The average Bonchev–Trinajstić information content (AvgIpc) is 2.91. The first-order valence-corrected chi connectivity index (χ1v) is 7.01. The fourth-order valence-electron chi connectivity index (χ4n) is 1.96. The van der Waals surface area contributed by atoms with Crippen LogP contribution in [0.3, 0.4) is 0 Å². The second-order valence-electron chi connectivity index (χ2n) is 5.23. The average molecular weight is 304 g/mol. The molecule has 2 amide bonds. The minimum atomic E-state index is -0.355. The number of carbonyl (C=O) groups excluding carboxylic acids is 1. The highest BCUT2D eigenvalue weighted by Gasteiger charge is 2.24. The summed E-state index contributed by atoms with van der Waals surface area (Å²) >= 11 is 0. The van der Waals surface area contributed by atoms with Crippen molar-refractivity contribution in [2.24, 2.45) is 5.92 Å². The second-order valence-corrected chi connectivity index (χ2v) is 5.23. The Morgan fingerprint density at radius 1 is 1.36 bits per heavy atom. The first-order valence-electron chi connectivity index (χ1n) is 7.01. The summed E-state index contributed by atoms with van der Waals surface area (Å²) in [5, 5.41) is 9.36. The van der Waals surface area contributed by atoms with Gasteiger partial charge >= 0.3 is 6.03 Å². The molecular weight excluding hydrogens is 284 g/mol. The lowest BCUT2D eigenvalue weighted by Crippen LogP contribution is -2.35. The molecule has 1 aromatic carbocycles. The van der Waals surface area contributed by atoms with Gasteiger partial charge in [-0.2, -0.15) is 4.98 Å². The van der Waals surface area contributed by atoms with E-state index in [-0.39, 0.29) is 18.0 Å². The number of anilines is 1. The maximum absolute atomic E-state index is 12.2. The summed E-state index contributed by atoms with van der Waals surface area (Å²) in [5.74, 6) is 1.71. The summed E-state index contributed by atoms with van der Waals surface area (Å²) in [7, 11) is 1.58. The molecule has 7 heteroatoms. The number of ether oxygens (including phenoxy) is 1. The Labute approximate surface area is 129 Å². The van der Waals surface area contributed by atoms with Gasteiger partial charge in [-0.15, -0.1) is 0 Å². The molecule has 1 aromatic heterocycles. The van der Waals surface area contributed by atoms with Crippen molar-refractivity contribution in [2.45, 2.75) is 26.8 Å². The zero-order valence-electron chi connectivity index (χ0n) is 13.1. The molecule has 0 aliphatic carbocycles. The third-order valence-electron chi connectivity index (χ3n) is 3.09. The van der Waals surface area contributed by atoms with E-state index in [0.29, 0.717) is 23.2 Å². The predicted molar refractivity (Wildman–Crippen MR) is 81.8 cm³/mol. The molecule has 22 heavy (non-hydrogen) atoms. The Hall–Kier alpha value is -2.57. The van der Waals surface area contributed by atoms with Gasteiger partial charge < -0.3 is 19.9 Å². The van der Waals surface area contributed by atoms with Gasteiger partial charge in [0.1, 0.15) is 11.8 Å². The molecule has 1 heterocycles. The number of rotatable bonds is 5. The Morgan fingerprint density at radius 2 is 2.14 bits per heavy atom. The lowest BCUT2D eigenvalue weighted by atomic mass is 10.0. The van der Waals surface area contributed by atoms with Gasteiger partial charge in [0, 0.05) is 11.8 Å². The van der Waals surface area contributed by atoms with Crippen molar-refractivity contribution >= 4 is 11.7 Å².